The molecule has 2 N–H and O–H groups in total. The molecule has 0 aromatic heterocycles. The average molecular weight is 261 g/mol. The van der Waals surface area contributed by atoms with Crippen molar-refractivity contribution in [2.45, 2.75) is 6.61 Å². The lowest BCUT2D eigenvalue weighted by molar-refractivity contribution is 0.0872. The predicted molar refractivity (Wildman–Crippen MR) is 72.4 cm³/mol. The van der Waals surface area contributed by atoms with Gasteiger partial charge in [-0.2, -0.15) is 0 Å². The molecule has 0 heterocycles. The Morgan fingerprint density at radius 2 is 1.79 bits per heavy atom. The quantitative estimate of drug-likeness (QED) is 0.642. The summed E-state index contributed by atoms with van der Waals surface area (Å²) in [5.41, 5.74) is 6.37. The molecule has 0 saturated carbocycles. The Hall–Kier alpha value is -2.07. The maximum absolute atomic E-state index is 13.4. The van der Waals surface area contributed by atoms with Gasteiger partial charge in [0.1, 0.15) is 18.2 Å². The number of anilines is 1. The number of hydrogen-bond acceptors (Lipinski definition) is 3. The van der Waals surface area contributed by atoms with Crippen molar-refractivity contribution in [1.29, 1.82) is 0 Å². The lowest BCUT2D eigenvalue weighted by Gasteiger charge is -2.08. The summed E-state index contributed by atoms with van der Waals surface area (Å²) in [7, 11) is 0. The summed E-state index contributed by atoms with van der Waals surface area (Å²) in [6.07, 6.45) is 0. The number of nitrogens with two attached hydrogens (primary N) is 1. The van der Waals surface area contributed by atoms with Gasteiger partial charge >= 0.3 is 0 Å². The molecule has 0 aliphatic carbocycles. The van der Waals surface area contributed by atoms with Gasteiger partial charge in [0.05, 0.1) is 13.2 Å². The smallest absolute Gasteiger partial charge is 0.130 e. The van der Waals surface area contributed by atoms with Gasteiger partial charge in [0.25, 0.3) is 0 Å². The number of hydrogen-bond donors (Lipinski definition) is 1. The van der Waals surface area contributed by atoms with Crippen molar-refractivity contribution in [3.8, 4) is 5.75 Å². The Labute approximate surface area is 111 Å². The number of rotatable bonds is 6. The molecule has 0 aliphatic heterocycles. The van der Waals surface area contributed by atoms with Crippen LogP contribution >= 0.6 is 0 Å². The fourth-order valence-corrected chi connectivity index (χ4v) is 1.60. The Bertz CT molecular complexity index is 517. The zero-order chi connectivity index (χ0) is 13.5. The van der Waals surface area contributed by atoms with E-state index in [0.29, 0.717) is 24.5 Å². The fraction of sp³-hybridized carbons (Fsp3) is 0.200. The van der Waals surface area contributed by atoms with Crippen molar-refractivity contribution in [3.63, 3.8) is 0 Å². The lowest BCUT2D eigenvalue weighted by atomic mass is 10.2. The van der Waals surface area contributed by atoms with Crippen LogP contribution in [0.25, 0.3) is 0 Å². The SMILES string of the molecule is Nc1ccc(COCCOc2ccccc2)c(F)c1. The molecule has 3 nitrogen and oxygen atoms in total. The monoisotopic (exact) mass is 261 g/mol. The second kappa shape index (κ2) is 6.75. The summed E-state index contributed by atoms with van der Waals surface area (Å²) in [5, 5.41) is 0. The Morgan fingerprint density at radius 3 is 2.53 bits per heavy atom. The van der Waals surface area contributed by atoms with Gasteiger partial charge in [-0.15, -0.1) is 0 Å². The van der Waals surface area contributed by atoms with Crippen LogP contribution in [0.4, 0.5) is 10.1 Å². The van der Waals surface area contributed by atoms with E-state index in [-0.39, 0.29) is 12.4 Å². The highest BCUT2D eigenvalue weighted by Gasteiger charge is 2.02. The predicted octanol–water partition coefficient (Wildman–Crippen LogP) is 3.00. The fourth-order valence-electron chi connectivity index (χ4n) is 1.60. The minimum atomic E-state index is -0.344. The van der Waals surface area contributed by atoms with Crippen LogP contribution in [0.15, 0.2) is 48.5 Å². The van der Waals surface area contributed by atoms with Crippen molar-refractivity contribution >= 4 is 5.69 Å². The summed E-state index contributed by atoms with van der Waals surface area (Å²) >= 11 is 0. The van der Waals surface area contributed by atoms with Gasteiger partial charge in [-0.05, 0) is 24.3 Å². The van der Waals surface area contributed by atoms with Gasteiger partial charge in [0.15, 0.2) is 0 Å². The maximum atomic E-state index is 13.4. The highest BCUT2D eigenvalue weighted by Crippen LogP contribution is 2.13. The first-order valence-corrected chi connectivity index (χ1v) is 6.05. The minimum Gasteiger partial charge on any atom is -0.491 e. The van der Waals surface area contributed by atoms with Crippen molar-refractivity contribution in [3.05, 3.63) is 59.9 Å². The second-order valence-corrected chi connectivity index (χ2v) is 4.06. The lowest BCUT2D eigenvalue weighted by Crippen LogP contribution is -2.07. The van der Waals surface area contributed by atoms with E-state index in [9.17, 15) is 4.39 Å². The zero-order valence-corrected chi connectivity index (χ0v) is 10.5. The van der Waals surface area contributed by atoms with Crippen LogP contribution in [0.2, 0.25) is 0 Å². The first-order valence-electron chi connectivity index (χ1n) is 6.05. The largest absolute Gasteiger partial charge is 0.491 e. The van der Waals surface area contributed by atoms with Gasteiger partial charge in [-0.25, -0.2) is 4.39 Å². The second-order valence-electron chi connectivity index (χ2n) is 4.06. The Balaban J connectivity index is 1.69. The van der Waals surface area contributed by atoms with Crippen LogP contribution in [-0.4, -0.2) is 13.2 Å². The van der Waals surface area contributed by atoms with E-state index >= 15 is 0 Å². The molecule has 0 radical (unpaired) electrons. The van der Waals surface area contributed by atoms with E-state index in [0.717, 1.165) is 5.75 Å². The Morgan fingerprint density at radius 1 is 1.00 bits per heavy atom. The molecule has 0 amide bonds. The Kier molecular flexibility index (Phi) is 4.75. The van der Waals surface area contributed by atoms with E-state index in [1.807, 2.05) is 30.3 Å². The molecule has 2 rings (SSSR count). The molecular formula is C15H16FNO2. The topological polar surface area (TPSA) is 44.5 Å². The molecule has 0 bridgehead atoms. The van der Waals surface area contributed by atoms with E-state index in [1.165, 1.54) is 6.07 Å². The van der Waals surface area contributed by atoms with E-state index < -0.39 is 0 Å². The average Bonchev–Trinajstić information content (AvgIpc) is 2.42. The normalized spacial score (nSPS) is 10.4. The van der Waals surface area contributed by atoms with E-state index in [4.69, 9.17) is 15.2 Å². The zero-order valence-electron chi connectivity index (χ0n) is 10.5. The molecule has 0 fully saturated rings. The third-order valence-corrected chi connectivity index (χ3v) is 2.57. The number of ether oxygens (including phenoxy) is 2. The third kappa shape index (κ3) is 4.26. The van der Waals surface area contributed by atoms with Crippen molar-refractivity contribution < 1.29 is 13.9 Å². The number of para-hydroxylation sites is 1. The summed E-state index contributed by atoms with van der Waals surface area (Å²) in [5.74, 6) is 0.453. The van der Waals surface area contributed by atoms with Crippen LogP contribution in [0.1, 0.15) is 5.56 Å². The van der Waals surface area contributed by atoms with Gasteiger partial charge < -0.3 is 15.2 Å². The number of halogens is 1. The molecular weight excluding hydrogens is 245 g/mol. The van der Waals surface area contributed by atoms with Gasteiger partial charge in [-0.1, -0.05) is 24.3 Å². The first-order chi connectivity index (χ1) is 9.25. The third-order valence-electron chi connectivity index (χ3n) is 2.57. The summed E-state index contributed by atoms with van der Waals surface area (Å²) in [6, 6.07) is 14.1. The molecule has 100 valence electrons. The number of nitrogen functional groups attached to an aromatic ring is 1. The van der Waals surface area contributed by atoms with E-state index in [1.54, 1.807) is 12.1 Å². The summed E-state index contributed by atoms with van der Waals surface area (Å²) in [4.78, 5) is 0. The molecule has 0 saturated heterocycles. The standard InChI is InChI=1S/C15H16FNO2/c16-15-10-13(17)7-6-12(15)11-18-8-9-19-14-4-2-1-3-5-14/h1-7,10H,8-9,11,17H2. The molecule has 0 atom stereocenters. The highest BCUT2D eigenvalue weighted by molar-refractivity contribution is 5.40. The van der Waals surface area contributed by atoms with Crippen molar-refractivity contribution in [2.75, 3.05) is 18.9 Å². The first kappa shape index (κ1) is 13.4. The van der Waals surface area contributed by atoms with Gasteiger partial charge in [0.2, 0.25) is 0 Å². The highest BCUT2D eigenvalue weighted by atomic mass is 19.1. The molecule has 4 heteroatoms. The summed E-state index contributed by atoms with van der Waals surface area (Å²) in [6.45, 7) is 1.05. The van der Waals surface area contributed by atoms with Crippen LogP contribution < -0.4 is 10.5 Å². The number of benzene rings is 2. The molecule has 2 aromatic carbocycles. The van der Waals surface area contributed by atoms with Crippen LogP contribution in [0, 0.1) is 5.82 Å². The molecule has 0 spiro atoms. The van der Waals surface area contributed by atoms with Crippen LogP contribution in [0.5, 0.6) is 5.75 Å². The molecule has 2 aromatic rings. The summed E-state index contributed by atoms with van der Waals surface area (Å²) < 4.78 is 24.2. The maximum Gasteiger partial charge on any atom is 0.130 e. The molecule has 0 aliphatic rings. The van der Waals surface area contributed by atoms with Crippen molar-refractivity contribution in [1.82, 2.24) is 0 Å². The van der Waals surface area contributed by atoms with Crippen LogP contribution in [0.3, 0.4) is 0 Å². The van der Waals surface area contributed by atoms with Crippen molar-refractivity contribution in [2.24, 2.45) is 0 Å². The molecule has 19 heavy (non-hydrogen) atoms. The van der Waals surface area contributed by atoms with Gasteiger partial charge in [-0.3, -0.25) is 0 Å². The van der Waals surface area contributed by atoms with Gasteiger partial charge in [0, 0.05) is 11.3 Å². The minimum absolute atomic E-state index is 0.213. The van der Waals surface area contributed by atoms with E-state index in [2.05, 4.69) is 0 Å². The molecule has 0 unspecified atom stereocenters. The van der Waals surface area contributed by atoms with Crippen LogP contribution in [-0.2, 0) is 11.3 Å².